The number of nitrogens with one attached hydrogen (secondary N) is 1. The number of imidazole rings is 1. The van der Waals surface area contributed by atoms with Gasteiger partial charge in [0.2, 0.25) is 0 Å². The van der Waals surface area contributed by atoms with Crippen molar-refractivity contribution >= 4 is 17.5 Å². The maximum atomic E-state index is 13.6. The molecule has 0 aliphatic carbocycles. The first-order valence-corrected chi connectivity index (χ1v) is 11.8. The van der Waals surface area contributed by atoms with Crippen LogP contribution in [0.2, 0.25) is 5.02 Å². The van der Waals surface area contributed by atoms with Gasteiger partial charge in [0, 0.05) is 23.9 Å². The van der Waals surface area contributed by atoms with Gasteiger partial charge >= 0.3 is 0 Å². The molecule has 0 fully saturated rings. The smallest absolute Gasteiger partial charge is 0.251 e. The molecule has 0 saturated carbocycles. The number of hydrogen-bond donors (Lipinski definition) is 2. The molecule has 0 radical (unpaired) electrons. The molecule has 36 heavy (non-hydrogen) atoms. The molecule has 3 aromatic rings. The first-order chi connectivity index (χ1) is 17.1. The number of carbonyl (C=O) groups excluding carboxylic acids is 1. The number of benzene rings is 2. The summed E-state index contributed by atoms with van der Waals surface area (Å²) in [6, 6.07) is 8.79. The molecule has 0 aliphatic heterocycles. The van der Waals surface area contributed by atoms with Gasteiger partial charge in [0.25, 0.3) is 5.91 Å². The van der Waals surface area contributed by atoms with Crippen LogP contribution >= 0.6 is 11.6 Å². The minimum atomic E-state index is -1.52. The highest BCUT2D eigenvalue weighted by molar-refractivity contribution is 6.31. The van der Waals surface area contributed by atoms with E-state index < -0.39 is 24.0 Å². The van der Waals surface area contributed by atoms with Gasteiger partial charge in [0.1, 0.15) is 30.5 Å². The number of amides is 1. The van der Waals surface area contributed by atoms with E-state index in [1.807, 2.05) is 20.8 Å². The molecule has 3 rings (SSSR count). The Morgan fingerprint density at radius 3 is 2.53 bits per heavy atom. The van der Waals surface area contributed by atoms with Crippen LogP contribution in [0.3, 0.4) is 0 Å². The summed E-state index contributed by atoms with van der Waals surface area (Å²) in [5.41, 5.74) is 0.633. The Balaban J connectivity index is 0.00000222. The number of carbonyl (C=O) groups is 1. The fourth-order valence-electron chi connectivity index (χ4n) is 3.49. The molecule has 1 aromatic heterocycles. The van der Waals surface area contributed by atoms with Crippen molar-refractivity contribution in [1.82, 2.24) is 14.9 Å². The zero-order chi connectivity index (χ0) is 27.0. The lowest BCUT2D eigenvalue weighted by atomic mass is 10.1. The van der Waals surface area contributed by atoms with Gasteiger partial charge in [0.15, 0.2) is 11.5 Å². The number of aromatic nitrogens is 2. The van der Waals surface area contributed by atoms with Gasteiger partial charge in [0.05, 0.1) is 24.4 Å². The molecule has 2 aromatic carbocycles. The third-order valence-corrected chi connectivity index (χ3v) is 5.70. The summed E-state index contributed by atoms with van der Waals surface area (Å²) in [5.74, 6) is -0.0660. The average Bonchev–Trinajstić information content (AvgIpc) is 3.19. The van der Waals surface area contributed by atoms with E-state index in [0.717, 1.165) is 5.69 Å². The van der Waals surface area contributed by atoms with E-state index in [1.54, 1.807) is 17.7 Å². The lowest BCUT2D eigenvalue weighted by Gasteiger charge is -2.23. The summed E-state index contributed by atoms with van der Waals surface area (Å²) >= 11 is 5.91. The fraction of sp³-hybridized carbons (Fsp3) is 0.385. The molecule has 196 valence electrons. The Hall–Kier alpha value is -3.17. The SMILES string of the molecule is CC.COc1cc(C(=O)NCC(C)(O)c2nc(-c3ccc(F)c(Cl)c3)c(C)n2C)ccc1OCCF. The van der Waals surface area contributed by atoms with Crippen molar-refractivity contribution in [3.8, 4) is 22.8 Å². The van der Waals surface area contributed by atoms with Crippen LogP contribution in [-0.4, -0.2) is 47.5 Å². The number of alkyl halides is 1. The quantitative estimate of drug-likeness (QED) is 0.402. The molecule has 0 spiro atoms. The highest BCUT2D eigenvalue weighted by atomic mass is 35.5. The molecule has 1 amide bonds. The standard InChI is InChI=1S/C24H26ClF2N3O4.C2H6/c1-14-21(15-5-7-18(27)17(25)11-15)29-23(30(14)3)24(2,32)13-28-22(31)16-6-8-19(34-10-9-26)20(12-16)33-4;1-2/h5-8,11-12,32H,9-10,13H2,1-4H3,(H,28,31);1-2H3. The monoisotopic (exact) mass is 523 g/mol. The van der Waals surface area contributed by atoms with Crippen LogP contribution < -0.4 is 14.8 Å². The maximum Gasteiger partial charge on any atom is 0.251 e. The fourth-order valence-corrected chi connectivity index (χ4v) is 3.67. The molecular formula is C26H32ClF2N3O4. The van der Waals surface area contributed by atoms with E-state index in [9.17, 15) is 18.7 Å². The summed E-state index contributed by atoms with van der Waals surface area (Å²) in [7, 11) is 3.16. The van der Waals surface area contributed by atoms with Crippen molar-refractivity contribution in [2.75, 3.05) is 26.9 Å². The Bertz CT molecular complexity index is 1200. The van der Waals surface area contributed by atoms with E-state index in [-0.39, 0.29) is 29.5 Å². The van der Waals surface area contributed by atoms with Gasteiger partial charge in [-0.25, -0.2) is 13.8 Å². The minimum Gasteiger partial charge on any atom is -0.493 e. The minimum absolute atomic E-state index is 0.0281. The van der Waals surface area contributed by atoms with Crippen molar-refractivity contribution in [2.45, 2.75) is 33.3 Å². The number of halogens is 3. The molecule has 0 bridgehead atoms. The third-order valence-electron chi connectivity index (χ3n) is 5.41. The Morgan fingerprint density at radius 2 is 1.92 bits per heavy atom. The van der Waals surface area contributed by atoms with E-state index in [1.165, 1.54) is 44.4 Å². The largest absolute Gasteiger partial charge is 0.493 e. The van der Waals surface area contributed by atoms with Crippen LogP contribution in [0.4, 0.5) is 8.78 Å². The number of hydrogen-bond acceptors (Lipinski definition) is 5. The van der Waals surface area contributed by atoms with Crippen LogP contribution in [-0.2, 0) is 12.6 Å². The van der Waals surface area contributed by atoms with E-state index >= 15 is 0 Å². The average molecular weight is 524 g/mol. The van der Waals surface area contributed by atoms with Crippen LogP contribution in [0.1, 0.15) is 42.6 Å². The lowest BCUT2D eigenvalue weighted by Crippen LogP contribution is -2.40. The van der Waals surface area contributed by atoms with Gasteiger partial charge in [-0.05, 0) is 50.2 Å². The molecule has 1 atom stereocenters. The van der Waals surface area contributed by atoms with E-state index in [2.05, 4.69) is 10.3 Å². The Kier molecular flexibility index (Phi) is 10.2. The Labute approximate surface area is 215 Å². The molecule has 1 unspecified atom stereocenters. The van der Waals surface area contributed by atoms with Gasteiger partial charge in [-0.3, -0.25) is 4.79 Å². The number of ether oxygens (including phenoxy) is 2. The van der Waals surface area contributed by atoms with Crippen LogP contribution in [0, 0.1) is 12.7 Å². The van der Waals surface area contributed by atoms with Crippen molar-refractivity contribution in [3.63, 3.8) is 0 Å². The maximum absolute atomic E-state index is 13.6. The van der Waals surface area contributed by atoms with Crippen LogP contribution in [0.5, 0.6) is 11.5 Å². The van der Waals surface area contributed by atoms with Gasteiger partial charge in [-0.15, -0.1) is 0 Å². The second kappa shape index (κ2) is 12.7. The van der Waals surface area contributed by atoms with Crippen molar-refractivity contribution in [1.29, 1.82) is 0 Å². The van der Waals surface area contributed by atoms with Crippen molar-refractivity contribution in [2.24, 2.45) is 7.05 Å². The molecule has 2 N–H and O–H groups in total. The second-order valence-corrected chi connectivity index (χ2v) is 8.32. The van der Waals surface area contributed by atoms with Gasteiger partial charge in [-0.1, -0.05) is 25.4 Å². The van der Waals surface area contributed by atoms with Crippen molar-refractivity contribution in [3.05, 3.63) is 64.3 Å². The lowest BCUT2D eigenvalue weighted by molar-refractivity contribution is 0.0424. The molecule has 0 aliphatic rings. The zero-order valence-corrected chi connectivity index (χ0v) is 22.0. The normalized spacial score (nSPS) is 12.3. The van der Waals surface area contributed by atoms with E-state index in [0.29, 0.717) is 22.8 Å². The second-order valence-electron chi connectivity index (χ2n) is 7.92. The molecule has 7 nitrogen and oxygen atoms in total. The zero-order valence-electron chi connectivity index (χ0n) is 21.3. The first kappa shape index (κ1) is 29.1. The van der Waals surface area contributed by atoms with E-state index in [4.69, 9.17) is 21.1 Å². The highest BCUT2D eigenvalue weighted by Gasteiger charge is 2.31. The first-order valence-electron chi connectivity index (χ1n) is 11.5. The summed E-state index contributed by atoms with van der Waals surface area (Å²) in [5, 5.41) is 13.8. The predicted molar refractivity (Wildman–Crippen MR) is 136 cm³/mol. The molecule has 0 saturated heterocycles. The predicted octanol–water partition coefficient (Wildman–Crippen LogP) is 5.21. The Morgan fingerprint density at radius 1 is 1.22 bits per heavy atom. The van der Waals surface area contributed by atoms with Crippen molar-refractivity contribution < 1.29 is 28.2 Å². The number of methoxy groups -OCH3 is 1. The summed E-state index contributed by atoms with van der Waals surface area (Å²) in [4.78, 5) is 17.3. The molecule has 1 heterocycles. The third kappa shape index (κ3) is 6.53. The summed E-state index contributed by atoms with van der Waals surface area (Å²) in [6.07, 6.45) is 0. The van der Waals surface area contributed by atoms with Gasteiger partial charge < -0.3 is 24.5 Å². The van der Waals surface area contributed by atoms with Crippen LogP contribution in [0.25, 0.3) is 11.3 Å². The molecular weight excluding hydrogens is 492 g/mol. The topological polar surface area (TPSA) is 85.6 Å². The number of nitrogens with zero attached hydrogens (tertiary/aromatic N) is 2. The highest BCUT2D eigenvalue weighted by Crippen LogP contribution is 2.31. The number of aliphatic hydroxyl groups is 1. The van der Waals surface area contributed by atoms with Crippen LogP contribution in [0.15, 0.2) is 36.4 Å². The van der Waals surface area contributed by atoms with Gasteiger partial charge in [-0.2, -0.15) is 0 Å². The molecule has 10 heteroatoms. The summed E-state index contributed by atoms with van der Waals surface area (Å²) in [6.45, 7) is 6.44. The number of rotatable bonds is 9. The summed E-state index contributed by atoms with van der Waals surface area (Å²) < 4.78 is 38.1.